The number of thioether (sulfide) groups is 1. The van der Waals surface area contributed by atoms with E-state index in [1.807, 2.05) is 6.26 Å². The summed E-state index contributed by atoms with van der Waals surface area (Å²) in [5.74, 6) is 0.320. The lowest BCUT2D eigenvalue weighted by Crippen LogP contribution is -2.29. The Kier molecular flexibility index (Phi) is 6.44. The molecule has 0 amide bonds. The molecule has 0 aliphatic heterocycles. The summed E-state index contributed by atoms with van der Waals surface area (Å²) in [6.07, 6.45) is 1.96. The van der Waals surface area contributed by atoms with Gasteiger partial charge in [0.05, 0.1) is 13.2 Å². The van der Waals surface area contributed by atoms with Gasteiger partial charge in [-0.3, -0.25) is 4.79 Å². The molecule has 0 aliphatic carbocycles. The zero-order chi connectivity index (χ0) is 13.4. The third kappa shape index (κ3) is 4.49. The van der Waals surface area contributed by atoms with Gasteiger partial charge in [0.25, 0.3) is 0 Å². The zero-order valence-electron chi connectivity index (χ0n) is 10.4. The Hall–Kier alpha value is -1.35. The Bertz CT molecular complexity index is 430. The summed E-state index contributed by atoms with van der Waals surface area (Å²) in [5, 5.41) is 7.17. The molecule has 0 N–H and O–H groups in total. The smallest absolute Gasteiger partial charge is 0.366 e. The van der Waals surface area contributed by atoms with Crippen LogP contribution in [-0.4, -0.2) is 51.0 Å². The molecule has 18 heavy (non-hydrogen) atoms. The molecule has 1 aromatic heterocycles. The average Bonchev–Trinajstić information content (AvgIpc) is 2.67. The van der Waals surface area contributed by atoms with Gasteiger partial charge < -0.3 is 9.47 Å². The Morgan fingerprint density at radius 2 is 2.11 bits per heavy atom. The molecule has 102 valence electrons. The van der Waals surface area contributed by atoms with Crippen molar-refractivity contribution in [2.45, 2.75) is 20.2 Å². The maximum Gasteiger partial charge on any atom is 0.366 e. The highest BCUT2D eigenvalue weighted by Crippen LogP contribution is 1.91. The van der Waals surface area contributed by atoms with Gasteiger partial charge in [-0.05, 0) is 23.6 Å². The second-order valence-corrected chi connectivity index (χ2v) is 4.24. The van der Waals surface area contributed by atoms with Crippen molar-refractivity contribution in [3.63, 3.8) is 0 Å². The lowest BCUT2D eigenvalue weighted by molar-refractivity contribution is -0.144. The van der Waals surface area contributed by atoms with Gasteiger partial charge in [-0.15, -0.1) is 0 Å². The minimum absolute atomic E-state index is 0.0300. The van der Waals surface area contributed by atoms with Crippen LogP contribution in [0.25, 0.3) is 0 Å². The number of carbonyl (C=O) groups is 1. The number of nitrogens with zero attached hydrogens (tertiary/aromatic N) is 4. The molecule has 0 saturated carbocycles. The fourth-order valence-electron chi connectivity index (χ4n) is 1.11. The Morgan fingerprint density at radius 1 is 1.39 bits per heavy atom. The molecule has 0 bridgehead atoms. The van der Waals surface area contributed by atoms with Crippen LogP contribution in [0.2, 0.25) is 0 Å². The second-order valence-electron chi connectivity index (χ2n) is 3.25. The van der Waals surface area contributed by atoms with E-state index in [0.717, 1.165) is 15.1 Å². The number of hydrogen-bond donors (Lipinski definition) is 0. The van der Waals surface area contributed by atoms with Gasteiger partial charge in [0.15, 0.2) is 0 Å². The number of tetrazole rings is 1. The third-order valence-corrected chi connectivity index (χ3v) is 2.50. The number of hydrogen-bond acceptors (Lipinski definition) is 7. The van der Waals surface area contributed by atoms with Crippen LogP contribution in [0, 0.1) is 0 Å². The Balaban J connectivity index is 2.50. The largest absolute Gasteiger partial charge is 0.465 e. The topological polar surface area (TPSA) is 88.2 Å². The lowest BCUT2D eigenvalue weighted by atomic mass is 10.6. The van der Waals surface area contributed by atoms with Crippen molar-refractivity contribution in [3.8, 4) is 0 Å². The van der Waals surface area contributed by atoms with E-state index in [0.29, 0.717) is 6.61 Å². The summed E-state index contributed by atoms with van der Waals surface area (Å²) < 4.78 is 11.9. The number of ether oxygens (including phenoxy) is 2. The molecule has 9 heteroatoms. The maximum absolute atomic E-state index is 11.7. The van der Waals surface area contributed by atoms with E-state index in [-0.39, 0.29) is 19.9 Å². The number of rotatable bonds is 8. The molecule has 8 nitrogen and oxygen atoms in total. The molecule has 1 aromatic rings. The molecular weight excluding hydrogens is 260 g/mol. The van der Waals surface area contributed by atoms with Gasteiger partial charge in [-0.1, -0.05) is 0 Å². The number of carbonyl (C=O) groups excluding carboxylic acids is 1. The molecule has 0 aromatic carbocycles. The molecule has 0 unspecified atom stereocenters. The minimum Gasteiger partial charge on any atom is -0.465 e. The summed E-state index contributed by atoms with van der Waals surface area (Å²) >= 11 is 1.65. The van der Waals surface area contributed by atoms with E-state index in [2.05, 4.69) is 10.4 Å². The highest BCUT2D eigenvalue weighted by atomic mass is 32.2. The average molecular weight is 276 g/mol. The van der Waals surface area contributed by atoms with Crippen LogP contribution in [0.3, 0.4) is 0 Å². The van der Waals surface area contributed by atoms with Crippen molar-refractivity contribution >= 4 is 17.7 Å². The molecule has 1 heterocycles. The predicted octanol–water partition coefficient (Wildman–Crippen LogP) is -0.660. The van der Waals surface area contributed by atoms with Crippen molar-refractivity contribution in [2.75, 3.05) is 25.2 Å². The van der Waals surface area contributed by atoms with E-state index in [9.17, 15) is 9.59 Å². The van der Waals surface area contributed by atoms with Crippen molar-refractivity contribution < 1.29 is 14.3 Å². The monoisotopic (exact) mass is 276 g/mol. The Labute approximate surface area is 108 Å². The SMILES string of the molecule is CCOC(=O)Cn1nnn(COCCSC)c1=O. The van der Waals surface area contributed by atoms with Crippen molar-refractivity contribution in [1.29, 1.82) is 0 Å². The van der Waals surface area contributed by atoms with Gasteiger partial charge in [-0.25, -0.2) is 4.79 Å². The molecule has 0 radical (unpaired) electrons. The van der Waals surface area contributed by atoms with Gasteiger partial charge in [0.2, 0.25) is 0 Å². The quantitative estimate of drug-likeness (QED) is 0.460. The van der Waals surface area contributed by atoms with E-state index in [4.69, 9.17) is 9.47 Å². The van der Waals surface area contributed by atoms with Gasteiger partial charge >= 0.3 is 11.7 Å². The van der Waals surface area contributed by atoms with Gasteiger partial charge in [0, 0.05) is 5.75 Å². The van der Waals surface area contributed by atoms with Gasteiger partial charge in [0.1, 0.15) is 13.3 Å². The highest BCUT2D eigenvalue weighted by molar-refractivity contribution is 7.98. The van der Waals surface area contributed by atoms with Crippen LogP contribution in [0.1, 0.15) is 6.92 Å². The predicted molar refractivity (Wildman–Crippen MR) is 65.2 cm³/mol. The zero-order valence-corrected chi connectivity index (χ0v) is 11.2. The molecule has 0 aliphatic rings. The molecule has 0 atom stereocenters. The first-order valence-electron chi connectivity index (χ1n) is 5.42. The molecular formula is C9H16N4O4S. The fraction of sp³-hybridized carbons (Fsp3) is 0.778. The van der Waals surface area contributed by atoms with Crippen LogP contribution in [0.15, 0.2) is 4.79 Å². The van der Waals surface area contributed by atoms with Crippen LogP contribution < -0.4 is 5.69 Å². The molecule has 1 rings (SSSR count). The summed E-state index contributed by atoms with van der Waals surface area (Å²) in [5.41, 5.74) is -0.493. The van der Waals surface area contributed by atoms with Gasteiger partial charge in [-0.2, -0.15) is 21.1 Å². The fourth-order valence-corrected chi connectivity index (χ4v) is 1.39. The normalized spacial score (nSPS) is 10.6. The summed E-state index contributed by atoms with van der Waals surface area (Å²) in [6.45, 7) is 2.27. The standard InChI is InChI=1S/C9H16N4O4S/c1-3-17-8(14)6-12-9(15)13(11-10-12)7-16-4-5-18-2/h3-7H2,1-2H3. The summed E-state index contributed by atoms with van der Waals surface area (Å²) in [4.78, 5) is 22.9. The van der Waals surface area contributed by atoms with Crippen LogP contribution >= 0.6 is 11.8 Å². The highest BCUT2D eigenvalue weighted by Gasteiger charge is 2.11. The summed E-state index contributed by atoms with van der Waals surface area (Å²) in [7, 11) is 0. The summed E-state index contributed by atoms with van der Waals surface area (Å²) in [6, 6.07) is 0. The van der Waals surface area contributed by atoms with Crippen molar-refractivity contribution in [1.82, 2.24) is 19.8 Å². The van der Waals surface area contributed by atoms with Crippen LogP contribution in [0.4, 0.5) is 0 Å². The van der Waals surface area contributed by atoms with Crippen LogP contribution in [0.5, 0.6) is 0 Å². The van der Waals surface area contributed by atoms with E-state index in [1.54, 1.807) is 18.7 Å². The van der Waals surface area contributed by atoms with Crippen molar-refractivity contribution in [3.05, 3.63) is 10.5 Å². The minimum atomic E-state index is -0.519. The van der Waals surface area contributed by atoms with E-state index in [1.165, 1.54) is 0 Å². The Morgan fingerprint density at radius 3 is 2.78 bits per heavy atom. The first-order chi connectivity index (χ1) is 8.69. The molecule has 0 saturated heterocycles. The third-order valence-electron chi connectivity index (χ3n) is 1.93. The first kappa shape index (κ1) is 14.7. The molecule has 0 spiro atoms. The lowest BCUT2D eigenvalue weighted by Gasteiger charge is -2.01. The number of aromatic nitrogens is 4. The molecule has 0 fully saturated rings. The van der Waals surface area contributed by atoms with Crippen molar-refractivity contribution in [2.24, 2.45) is 0 Å². The van der Waals surface area contributed by atoms with E-state index >= 15 is 0 Å². The second kappa shape index (κ2) is 7.88. The maximum atomic E-state index is 11.7. The van der Waals surface area contributed by atoms with E-state index < -0.39 is 11.7 Å². The number of esters is 1. The first-order valence-corrected chi connectivity index (χ1v) is 6.81. The van der Waals surface area contributed by atoms with Crippen LogP contribution in [-0.2, 0) is 27.5 Å².